The Bertz CT molecular complexity index is 199. The first-order valence-corrected chi connectivity index (χ1v) is 6.90. The molecule has 16 heavy (non-hydrogen) atoms. The van der Waals surface area contributed by atoms with E-state index in [1.807, 2.05) is 0 Å². The minimum absolute atomic E-state index is 0.464. The van der Waals surface area contributed by atoms with Crippen LogP contribution in [0.2, 0.25) is 0 Å². The van der Waals surface area contributed by atoms with Crippen molar-refractivity contribution in [2.75, 3.05) is 26.2 Å². The van der Waals surface area contributed by atoms with Crippen LogP contribution in [0.4, 0.5) is 0 Å². The van der Waals surface area contributed by atoms with Crippen LogP contribution >= 0.6 is 0 Å². The molecule has 1 saturated heterocycles. The van der Waals surface area contributed by atoms with E-state index in [1.54, 1.807) is 0 Å². The average Bonchev–Trinajstić information content (AvgIpc) is 2.43. The first kappa shape index (κ1) is 14.0. The Balaban J connectivity index is 2.52. The van der Waals surface area contributed by atoms with Crippen LogP contribution in [0.15, 0.2) is 0 Å². The molecular formula is C14H30N2. The smallest absolute Gasteiger partial charge is 0.0217 e. The number of nitrogens with zero attached hydrogens (tertiary/aromatic N) is 1. The summed E-state index contributed by atoms with van der Waals surface area (Å²) in [6.45, 7) is 16.6. The maximum Gasteiger partial charge on any atom is 0.0217 e. The molecule has 1 fully saturated rings. The molecule has 0 aliphatic carbocycles. The molecule has 1 atom stereocenters. The molecule has 0 amide bonds. The van der Waals surface area contributed by atoms with Gasteiger partial charge in [-0.3, -0.25) is 0 Å². The second kappa shape index (κ2) is 6.02. The molecule has 0 bridgehead atoms. The van der Waals surface area contributed by atoms with Crippen LogP contribution in [0.25, 0.3) is 0 Å². The number of hydrogen-bond donors (Lipinski definition) is 1. The van der Waals surface area contributed by atoms with Crippen LogP contribution in [0.3, 0.4) is 0 Å². The summed E-state index contributed by atoms with van der Waals surface area (Å²) in [6.07, 6.45) is 2.56. The Morgan fingerprint density at radius 1 is 1.38 bits per heavy atom. The molecule has 1 unspecified atom stereocenters. The molecule has 0 saturated carbocycles. The lowest BCUT2D eigenvalue weighted by atomic mass is 9.89. The number of rotatable bonds is 4. The first-order valence-electron chi connectivity index (χ1n) is 6.90. The fraction of sp³-hybridized carbons (Fsp3) is 1.00. The van der Waals surface area contributed by atoms with E-state index in [2.05, 4.69) is 44.8 Å². The second-order valence-corrected chi connectivity index (χ2v) is 6.41. The summed E-state index contributed by atoms with van der Waals surface area (Å²) >= 11 is 0. The van der Waals surface area contributed by atoms with Gasteiger partial charge >= 0.3 is 0 Å². The fourth-order valence-electron chi connectivity index (χ4n) is 2.33. The van der Waals surface area contributed by atoms with E-state index in [4.69, 9.17) is 0 Å². The first-order chi connectivity index (χ1) is 7.44. The van der Waals surface area contributed by atoms with Crippen molar-refractivity contribution in [2.24, 2.45) is 11.3 Å². The monoisotopic (exact) mass is 226 g/mol. The quantitative estimate of drug-likeness (QED) is 0.793. The Morgan fingerprint density at radius 2 is 2.06 bits per heavy atom. The zero-order valence-electron chi connectivity index (χ0n) is 11.8. The van der Waals surface area contributed by atoms with Crippen molar-refractivity contribution in [3.05, 3.63) is 0 Å². The normalized spacial score (nSPS) is 24.8. The summed E-state index contributed by atoms with van der Waals surface area (Å²) in [5.74, 6) is 0.741. The van der Waals surface area contributed by atoms with E-state index in [0.29, 0.717) is 11.5 Å². The van der Waals surface area contributed by atoms with E-state index in [1.165, 1.54) is 39.0 Å². The zero-order valence-corrected chi connectivity index (χ0v) is 11.8. The molecular weight excluding hydrogens is 196 g/mol. The SMILES string of the molecule is CCC(C)(C)CN1CCCNC(C(C)C)C1. The van der Waals surface area contributed by atoms with Crippen LogP contribution in [-0.4, -0.2) is 37.1 Å². The van der Waals surface area contributed by atoms with Gasteiger partial charge in [0.15, 0.2) is 0 Å². The summed E-state index contributed by atoms with van der Waals surface area (Å²) < 4.78 is 0. The minimum atomic E-state index is 0.464. The van der Waals surface area contributed by atoms with Gasteiger partial charge in [-0.2, -0.15) is 0 Å². The van der Waals surface area contributed by atoms with Crippen molar-refractivity contribution in [2.45, 2.75) is 53.5 Å². The highest BCUT2D eigenvalue weighted by Gasteiger charge is 2.24. The Hall–Kier alpha value is -0.0800. The van der Waals surface area contributed by atoms with Gasteiger partial charge < -0.3 is 10.2 Å². The molecule has 96 valence electrons. The summed E-state index contributed by atoms with van der Waals surface area (Å²) in [7, 11) is 0. The predicted molar refractivity (Wildman–Crippen MR) is 71.8 cm³/mol. The van der Waals surface area contributed by atoms with Gasteiger partial charge in [0, 0.05) is 19.1 Å². The van der Waals surface area contributed by atoms with E-state index >= 15 is 0 Å². The van der Waals surface area contributed by atoms with Gasteiger partial charge in [-0.1, -0.05) is 34.6 Å². The van der Waals surface area contributed by atoms with Crippen molar-refractivity contribution in [3.8, 4) is 0 Å². The van der Waals surface area contributed by atoms with Crippen LogP contribution in [-0.2, 0) is 0 Å². The highest BCUT2D eigenvalue weighted by atomic mass is 15.2. The Labute approximate surface area is 102 Å². The fourth-order valence-corrected chi connectivity index (χ4v) is 2.33. The molecule has 2 heteroatoms. The van der Waals surface area contributed by atoms with Crippen molar-refractivity contribution >= 4 is 0 Å². The number of hydrogen-bond acceptors (Lipinski definition) is 2. The van der Waals surface area contributed by atoms with E-state index in [-0.39, 0.29) is 0 Å². The lowest BCUT2D eigenvalue weighted by Crippen LogP contribution is -2.43. The molecule has 0 radical (unpaired) electrons. The Kier molecular flexibility index (Phi) is 5.26. The second-order valence-electron chi connectivity index (χ2n) is 6.41. The molecule has 1 N–H and O–H groups in total. The molecule has 1 aliphatic rings. The highest BCUT2D eigenvalue weighted by Crippen LogP contribution is 2.22. The molecule has 0 spiro atoms. The average molecular weight is 226 g/mol. The van der Waals surface area contributed by atoms with Crippen molar-refractivity contribution < 1.29 is 0 Å². The predicted octanol–water partition coefficient (Wildman–Crippen LogP) is 2.74. The molecule has 1 heterocycles. The number of nitrogens with one attached hydrogen (secondary N) is 1. The van der Waals surface area contributed by atoms with Gasteiger partial charge in [-0.05, 0) is 37.3 Å². The van der Waals surface area contributed by atoms with Crippen LogP contribution in [0, 0.1) is 11.3 Å². The van der Waals surface area contributed by atoms with Gasteiger partial charge in [0.2, 0.25) is 0 Å². The van der Waals surface area contributed by atoms with Gasteiger partial charge in [-0.15, -0.1) is 0 Å². The van der Waals surface area contributed by atoms with Gasteiger partial charge in [0.1, 0.15) is 0 Å². The minimum Gasteiger partial charge on any atom is -0.312 e. The lowest BCUT2D eigenvalue weighted by molar-refractivity contribution is 0.163. The largest absolute Gasteiger partial charge is 0.312 e. The van der Waals surface area contributed by atoms with Gasteiger partial charge in [0.05, 0.1) is 0 Å². The Morgan fingerprint density at radius 3 is 2.62 bits per heavy atom. The van der Waals surface area contributed by atoms with E-state index < -0.39 is 0 Å². The van der Waals surface area contributed by atoms with E-state index in [9.17, 15) is 0 Å². The molecule has 1 aliphatic heterocycles. The van der Waals surface area contributed by atoms with Crippen molar-refractivity contribution in [1.82, 2.24) is 10.2 Å². The van der Waals surface area contributed by atoms with Crippen LogP contribution in [0.1, 0.15) is 47.5 Å². The maximum atomic E-state index is 3.67. The standard InChI is InChI=1S/C14H30N2/c1-6-14(4,5)11-16-9-7-8-15-13(10-16)12(2)3/h12-13,15H,6-11H2,1-5H3. The summed E-state index contributed by atoms with van der Waals surface area (Å²) in [5.41, 5.74) is 0.464. The van der Waals surface area contributed by atoms with Crippen molar-refractivity contribution in [3.63, 3.8) is 0 Å². The topological polar surface area (TPSA) is 15.3 Å². The highest BCUT2D eigenvalue weighted by molar-refractivity contribution is 4.81. The van der Waals surface area contributed by atoms with Gasteiger partial charge in [0.25, 0.3) is 0 Å². The third kappa shape index (κ3) is 4.42. The van der Waals surface area contributed by atoms with E-state index in [0.717, 1.165) is 5.92 Å². The zero-order chi connectivity index (χ0) is 12.2. The summed E-state index contributed by atoms with van der Waals surface area (Å²) in [6, 6.07) is 0.676. The third-order valence-corrected chi connectivity index (χ3v) is 3.93. The van der Waals surface area contributed by atoms with Crippen LogP contribution in [0.5, 0.6) is 0 Å². The molecule has 0 aromatic heterocycles. The molecule has 0 aromatic carbocycles. The summed E-state index contributed by atoms with van der Waals surface area (Å²) in [4.78, 5) is 2.66. The van der Waals surface area contributed by atoms with Crippen molar-refractivity contribution in [1.29, 1.82) is 0 Å². The van der Waals surface area contributed by atoms with Crippen LogP contribution < -0.4 is 5.32 Å². The van der Waals surface area contributed by atoms with Gasteiger partial charge in [-0.25, -0.2) is 0 Å². The molecule has 0 aromatic rings. The maximum absolute atomic E-state index is 3.67. The third-order valence-electron chi connectivity index (χ3n) is 3.93. The summed E-state index contributed by atoms with van der Waals surface area (Å²) in [5, 5.41) is 3.67. The molecule has 1 rings (SSSR count). The molecule has 2 nitrogen and oxygen atoms in total. The lowest BCUT2D eigenvalue weighted by Gasteiger charge is -2.33.